The number of morpholine rings is 1. The summed E-state index contributed by atoms with van der Waals surface area (Å²) in [5, 5.41) is 0. The van der Waals surface area contributed by atoms with Gasteiger partial charge in [0, 0.05) is 25.7 Å². The molecule has 0 atom stereocenters. The molecule has 1 aromatic carbocycles. The lowest BCUT2D eigenvalue weighted by atomic mass is 9.79. The van der Waals surface area contributed by atoms with Crippen molar-refractivity contribution in [2.75, 3.05) is 26.7 Å². The van der Waals surface area contributed by atoms with Gasteiger partial charge < -0.3 is 4.74 Å². The lowest BCUT2D eigenvalue weighted by Crippen LogP contribution is -2.58. The Labute approximate surface area is 147 Å². The normalized spacial score (nSPS) is 32.5. The third-order valence-electron chi connectivity index (χ3n) is 6.48. The smallest absolute Gasteiger partial charge is 0.0819 e. The maximum Gasteiger partial charge on any atom is 0.0819 e. The van der Waals surface area contributed by atoms with Crippen LogP contribution >= 0.6 is 0 Å². The van der Waals surface area contributed by atoms with Crippen LogP contribution in [0.5, 0.6) is 0 Å². The van der Waals surface area contributed by atoms with Crippen LogP contribution in [-0.2, 0) is 11.3 Å². The first-order chi connectivity index (χ1) is 11.6. The van der Waals surface area contributed by atoms with E-state index in [9.17, 15) is 0 Å². The summed E-state index contributed by atoms with van der Waals surface area (Å²) in [5.41, 5.74) is 1.80. The van der Waals surface area contributed by atoms with Gasteiger partial charge in [0.1, 0.15) is 0 Å². The van der Waals surface area contributed by atoms with E-state index >= 15 is 0 Å². The molecule has 2 saturated carbocycles. The van der Waals surface area contributed by atoms with Gasteiger partial charge in [0.2, 0.25) is 0 Å². The fourth-order valence-electron chi connectivity index (χ4n) is 4.85. The van der Waals surface area contributed by atoms with E-state index in [-0.39, 0.29) is 11.2 Å². The van der Waals surface area contributed by atoms with E-state index in [1.807, 2.05) is 0 Å². The van der Waals surface area contributed by atoms with Gasteiger partial charge in [-0.3, -0.25) is 9.80 Å². The zero-order valence-electron chi connectivity index (χ0n) is 15.3. The number of hydrogen-bond acceptors (Lipinski definition) is 3. The molecule has 0 aromatic heterocycles. The van der Waals surface area contributed by atoms with Crippen LogP contribution in [0.4, 0.5) is 0 Å². The van der Waals surface area contributed by atoms with Gasteiger partial charge in [-0.25, -0.2) is 0 Å². The summed E-state index contributed by atoms with van der Waals surface area (Å²) >= 11 is 0. The Morgan fingerprint density at radius 3 is 2.25 bits per heavy atom. The van der Waals surface area contributed by atoms with Crippen LogP contribution in [0.2, 0.25) is 0 Å². The summed E-state index contributed by atoms with van der Waals surface area (Å²) < 4.78 is 6.73. The number of hydrogen-bond donors (Lipinski definition) is 0. The fourth-order valence-corrected chi connectivity index (χ4v) is 4.85. The van der Waals surface area contributed by atoms with Crippen LogP contribution in [0.3, 0.4) is 0 Å². The molecule has 2 aliphatic carbocycles. The molecule has 3 aliphatic rings. The first-order valence-corrected chi connectivity index (χ1v) is 9.79. The quantitative estimate of drug-likeness (QED) is 0.838. The number of rotatable bonds is 4. The van der Waals surface area contributed by atoms with E-state index in [1.54, 1.807) is 0 Å². The molecular weight excluding hydrogens is 296 g/mol. The lowest BCUT2D eigenvalue weighted by molar-refractivity contribution is -0.186. The van der Waals surface area contributed by atoms with Crippen molar-refractivity contribution in [3.63, 3.8) is 0 Å². The maximum absolute atomic E-state index is 6.73. The standard InChI is InChI=1S/C21H32N2O/c1-3-23-16-20(24-21(17-23)13-14-21)11-9-19(10-12-20)22(2)15-18-7-5-4-6-8-18/h4-8,19H,3,9-17H2,1-2H3/t19-,20+. The van der Waals surface area contributed by atoms with E-state index in [0.717, 1.165) is 13.1 Å². The summed E-state index contributed by atoms with van der Waals surface area (Å²) in [6.45, 7) is 6.85. The summed E-state index contributed by atoms with van der Waals surface area (Å²) in [6, 6.07) is 11.6. The summed E-state index contributed by atoms with van der Waals surface area (Å²) in [4.78, 5) is 5.19. The van der Waals surface area contributed by atoms with Crippen LogP contribution in [0.25, 0.3) is 0 Å². The fraction of sp³-hybridized carbons (Fsp3) is 0.714. The highest BCUT2D eigenvalue weighted by molar-refractivity contribution is 5.14. The number of ether oxygens (including phenoxy) is 1. The van der Waals surface area contributed by atoms with Crippen molar-refractivity contribution in [1.82, 2.24) is 9.80 Å². The maximum atomic E-state index is 6.73. The van der Waals surface area contributed by atoms with E-state index in [2.05, 4.69) is 54.1 Å². The minimum absolute atomic E-state index is 0.148. The number of likely N-dealkylation sites (N-methyl/N-ethyl adjacent to an activating group) is 1. The number of benzene rings is 1. The molecule has 0 N–H and O–H groups in total. The molecule has 132 valence electrons. The molecule has 0 amide bonds. The highest BCUT2D eigenvalue weighted by Gasteiger charge is 2.55. The molecule has 3 fully saturated rings. The lowest BCUT2D eigenvalue weighted by Gasteiger charge is -2.50. The van der Waals surface area contributed by atoms with Crippen LogP contribution in [0.1, 0.15) is 51.0 Å². The van der Waals surface area contributed by atoms with E-state index in [0.29, 0.717) is 6.04 Å². The van der Waals surface area contributed by atoms with Gasteiger partial charge >= 0.3 is 0 Å². The van der Waals surface area contributed by atoms with E-state index in [4.69, 9.17) is 4.74 Å². The third-order valence-corrected chi connectivity index (χ3v) is 6.48. The van der Waals surface area contributed by atoms with E-state index < -0.39 is 0 Å². The van der Waals surface area contributed by atoms with Crippen molar-refractivity contribution in [3.05, 3.63) is 35.9 Å². The van der Waals surface area contributed by atoms with Gasteiger partial charge in [0.25, 0.3) is 0 Å². The highest BCUT2D eigenvalue weighted by Crippen LogP contribution is 2.50. The van der Waals surface area contributed by atoms with Gasteiger partial charge in [-0.15, -0.1) is 0 Å². The molecule has 0 radical (unpaired) electrons. The molecule has 0 bridgehead atoms. The molecule has 0 unspecified atom stereocenters. The molecule has 4 rings (SSSR count). The second-order valence-corrected chi connectivity index (χ2v) is 8.40. The van der Waals surface area contributed by atoms with Crippen LogP contribution in [0, 0.1) is 0 Å². The number of nitrogens with zero attached hydrogens (tertiary/aromatic N) is 2. The van der Waals surface area contributed by atoms with Crippen molar-refractivity contribution < 1.29 is 4.74 Å². The average molecular weight is 329 g/mol. The van der Waals surface area contributed by atoms with Crippen LogP contribution in [0.15, 0.2) is 30.3 Å². The largest absolute Gasteiger partial charge is 0.366 e. The molecule has 3 nitrogen and oxygen atoms in total. The highest BCUT2D eigenvalue weighted by atomic mass is 16.5. The molecule has 1 heterocycles. The topological polar surface area (TPSA) is 15.7 Å². The minimum Gasteiger partial charge on any atom is -0.366 e. The zero-order chi connectivity index (χ0) is 16.6. The summed E-state index contributed by atoms with van der Waals surface area (Å²) in [5.74, 6) is 0. The Hall–Kier alpha value is -0.900. The third kappa shape index (κ3) is 3.40. The van der Waals surface area contributed by atoms with Gasteiger partial charge in [0.05, 0.1) is 11.2 Å². The van der Waals surface area contributed by atoms with E-state index in [1.165, 1.54) is 57.2 Å². The predicted molar refractivity (Wildman–Crippen MR) is 98.1 cm³/mol. The Morgan fingerprint density at radius 2 is 1.67 bits per heavy atom. The van der Waals surface area contributed by atoms with Gasteiger partial charge in [-0.1, -0.05) is 37.3 Å². The van der Waals surface area contributed by atoms with Gasteiger partial charge in [-0.2, -0.15) is 0 Å². The molecule has 1 aliphatic heterocycles. The Bertz CT molecular complexity index is 546. The Kier molecular flexibility index (Phi) is 4.44. The SMILES string of the molecule is CCN1CC2(CC2)O[C@]2(CC[C@@H](N(C)Cc3ccccc3)CC2)C1. The van der Waals surface area contributed by atoms with Crippen LogP contribution in [-0.4, -0.2) is 53.7 Å². The summed E-state index contributed by atoms with van der Waals surface area (Å²) in [6.07, 6.45) is 7.57. The first kappa shape index (κ1) is 16.6. The molecule has 1 saturated heterocycles. The Morgan fingerprint density at radius 1 is 1.04 bits per heavy atom. The molecule has 1 aromatic rings. The first-order valence-electron chi connectivity index (χ1n) is 9.79. The molecule has 24 heavy (non-hydrogen) atoms. The van der Waals surface area contributed by atoms with Gasteiger partial charge in [-0.05, 0) is 57.7 Å². The zero-order valence-corrected chi connectivity index (χ0v) is 15.3. The second kappa shape index (κ2) is 6.44. The van der Waals surface area contributed by atoms with Crippen molar-refractivity contribution >= 4 is 0 Å². The Balaban J connectivity index is 1.36. The molecular formula is C21H32N2O. The van der Waals surface area contributed by atoms with Crippen molar-refractivity contribution in [3.8, 4) is 0 Å². The summed E-state index contributed by atoms with van der Waals surface area (Å²) in [7, 11) is 2.29. The van der Waals surface area contributed by atoms with Crippen molar-refractivity contribution in [2.45, 2.75) is 69.2 Å². The monoisotopic (exact) mass is 328 g/mol. The van der Waals surface area contributed by atoms with Crippen molar-refractivity contribution in [1.29, 1.82) is 0 Å². The molecule has 3 heteroatoms. The molecule has 2 spiro atoms. The average Bonchev–Trinajstić information content (AvgIpc) is 3.33. The second-order valence-electron chi connectivity index (χ2n) is 8.40. The van der Waals surface area contributed by atoms with Gasteiger partial charge in [0.15, 0.2) is 0 Å². The van der Waals surface area contributed by atoms with Crippen molar-refractivity contribution in [2.24, 2.45) is 0 Å². The minimum atomic E-state index is 0.148. The van der Waals surface area contributed by atoms with Crippen LogP contribution < -0.4 is 0 Å². The predicted octanol–water partition coefficient (Wildman–Crippen LogP) is 3.68.